The highest BCUT2D eigenvalue weighted by Gasteiger charge is 2.27. The van der Waals surface area contributed by atoms with Crippen LogP contribution < -0.4 is 10.6 Å². The van der Waals surface area contributed by atoms with Crippen molar-refractivity contribution in [2.75, 3.05) is 11.9 Å². The third kappa shape index (κ3) is 2.99. The number of fused-ring (bicyclic) bond motifs is 1. The van der Waals surface area contributed by atoms with Crippen molar-refractivity contribution in [2.24, 2.45) is 14.6 Å². The van der Waals surface area contributed by atoms with Gasteiger partial charge in [0, 0.05) is 0 Å². The minimum Gasteiger partial charge on any atom is -0.322 e. The van der Waals surface area contributed by atoms with E-state index in [9.17, 15) is 4.79 Å². The lowest BCUT2D eigenvalue weighted by Crippen LogP contribution is -2.45. The Balaban J connectivity index is 1.84. The van der Waals surface area contributed by atoms with E-state index in [4.69, 9.17) is 23.2 Å². The third-order valence-electron chi connectivity index (χ3n) is 3.67. The minimum atomic E-state index is -0.206. The van der Waals surface area contributed by atoms with Crippen molar-refractivity contribution < 1.29 is 4.79 Å². The van der Waals surface area contributed by atoms with Gasteiger partial charge in [-0.3, -0.25) is 4.79 Å². The van der Waals surface area contributed by atoms with Gasteiger partial charge in [0.1, 0.15) is 11.4 Å². The molecular weight excluding hydrogens is 331 g/mol. The second kappa shape index (κ2) is 6.04. The van der Waals surface area contributed by atoms with Gasteiger partial charge in [0.15, 0.2) is 0 Å². The smallest absolute Gasteiger partial charge is 0.241 e. The highest BCUT2D eigenvalue weighted by Crippen LogP contribution is 2.47. The average Bonchev–Trinajstić information content (AvgIpc) is 2.93. The number of halogens is 2. The number of nitrogens with zero attached hydrogens (tertiary/aromatic N) is 2. The van der Waals surface area contributed by atoms with Crippen LogP contribution in [0.15, 0.2) is 14.8 Å². The van der Waals surface area contributed by atoms with E-state index in [1.165, 1.54) is 0 Å². The summed E-state index contributed by atoms with van der Waals surface area (Å²) in [5.74, 6) is 0.434. The van der Waals surface area contributed by atoms with Gasteiger partial charge < -0.3 is 10.6 Å². The maximum atomic E-state index is 12.4. The van der Waals surface area contributed by atoms with E-state index in [-0.39, 0.29) is 11.9 Å². The van der Waals surface area contributed by atoms with Crippen LogP contribution >= 0.6 is 23.2 Å². The van der Waals surface area contributed by atoms with Gasteiger partial charge in [0.05, 0.1) is 33.1 Å². The Morgan fingerprint density at radius 2 is 2.14 bits per heavy atom. The van der Waals surface area contributed by atoms with Gasteiger partial charge in [0.25, 0.3) is 0 Å². The van der Waals surface area contributed by atoms with Crippen LogP contribution in [0.4, 0.5) is 17.1 Å². The molecule has 1 aromatic rings. The Bertz CT molecular complexity index is 673. The van der Waals surface area contributed by atoms with Crippen LogP contribution in [0.5, 0.6) is 0 Å². The topological polar surface area (TPSA) is 65.8 Å². The van der Waals surface area contributed by atoms with Crippen molar-refractivity contribution in [2.45, 2.75) is 25.8 Å². The van der Waals surface area contributed by atoms with E-state index in [1.54, 1.807) is 6.07 Å². The number of nitrogens with one attached hydrogen (secondary N) is 2. The number of carbonyl (C=O) groups is 1. The molecule has 2 aliphatic heterocycles. The molecule has 2 heterocycles. The van der Waals surface area contributed by atoms with Crippen molar-refractivity contribution in [3.05, 3.63) is 16.1 Å². The fourth-order valence-corrected chi connectivity index (χ4v) is 3.67. The highest BCUT2D eigenvalue weighted by atomic mass is 35.5. The molecule has 2 N–H and O–H groups in total. The lowest BCUT2D eigenvalue weighted by atomic mass is 9.94. The molecule has 1 fully saturated rings. The van der Waals surface area contributed by atoms with Crippen molar-refractivity contribution >= 4 is 57.5 Å². The maximum Gasteiger partial charge on any atom is 0.241 e. The predicted molar refractivity (Wildman–Crippen MR) is 86.8 cm³/mol. The molecule has 0 aromatic heterocycles. The third-order valence-corrected chi connectivity index (χ3v) is 4.79. The normalized spacial score (nSPS) is 23.6. The van der Waals surface area contributed by atoms with Gasteiger partial charge >= 0.3 is 0 Å². The van der Waals surface area contributed by atoms with Gasteiger partial charge in [-0.25, -0.2) is 0 Å². The first kappa shape index (κ1) is 15.0. The number of rotatable bonds is 2. The van der Waals surface area contributed by atoms with E-state index in [1.807, 2.05) is 0 Å². The predicted octanol–water partition coefficient (Wildman–Crippen LogP) is 4.05. The number of hydrogen-bond donors (Lipinski definition) is 2. The molecule has 8 heteroatoms. The summed E-state index contributed by atoms with van der Waals surface area (Å²) in [6, 6.07) is 1.38. The average molecular weight is 345 g/mol. The van der Waals surface area contributed by atoms with Crippen molar-refractivity contribution in [1.82, 2.24) is 5.32 Å². The van der Waals surface area contributed by atoms with Crippen molar-refractivity contribution in [3.63, 3.8) is 0 Å². The summed E-state index contributed by atoms with van der Waals surface area (Å²) >= 11 is 13.3. The summed E-state index contributed by atoms with van der Waals surface area (Å²) in [6.45, 7) is 3.00. The Morgan fingerprint density at radius 3 is 2.90 bits per heavy atom. The number of carbonyl (C=O) groups excluding carboxylic acids is 1. The first-order valence-corrected chi connectivity index (χ1v) is 8.19. The second-order valence-corrected chi connectivity index (χ2v) is 6.65. The zero-order chi connectivity index (χ0) is 15.0. The molecule has 2 atom stereocenters. The van der Waals surface area contributed by atoms with E-state index in [0.717, 1.165) is 30.7 Å². The highest BCUT2D eigenvalue weighted by molar-refractivity contribution is 7.58. The van der Waals surface area contributed by atoms with Crippen LogP contribution in [0.1, 0.15) is 19.8 Å². The number of piperidine rings is 1. The standard InChI is InChI=1S/C13H14Cl2N4OS/c1-6-2-3-16-9(4-6)13(20)17-10-7(14)5-8(15)11-12(10)19-21-18-11/h5-6,9,16H,2-4H2,1H3,(H,17,20). The van der Waals surface area contributed by atoms with Crippen LogP contribution in [0, 0.1) is 5.92 Å². The van der Waals surface area contributed by atoms with E-state index in [2.05, 4.69) is 26.3 Å². The molecule has 2 aliphatic rings. The van der Waals surface area contributed by atoms with Gasteiger partial charge in [-0.2, -0.15) is 8.73 Å². The summed E-state index contributed by atoms with van der Waals surface area (Å²) in [5.41, 5.74) is 1.58. The number of amides is 1. The summed E-state index contributed by atoms with van der Waals surface area (Å²) in [5, 5.41) is 6.91. The number of anilines is 1. The van der Waals surface area contributed by atoms with E-state index < -0.39 is 0 Å². The summed E-state index contributed by atoms with van der Waals surface area (Å²) in [7, 11) is 0. The molecule has 0 spiro atoms. The zero-order valence-corrected chi connectivity index (χ0v) is 13.6. The summed E-state index contributed by atoms with van der Waals surface area (Å²) < 4.78 is 8.30. The molecular formula is C13H14Cl2N4OS. The van der Waals surface area contributed by atoms with Crippen LogP contribution in [0.3, 0.4) is 0 Å². The molecule has 1 saturated heterocycles. The molecule has 2 unspecified atom stereocenters. The van der Waals surface area contributed by atoms with Gasteiger partial charge in [-0.1, -0.05) is 30.1 Å². The number of benzene rings is 1. The molecule has 5 nitrogen and oxygen atoms in total. The molecule has 0 bridgehead atoms. The fraction of sp³-hybridized carbons (Fsp3) is 0.462. The molecule has 112 valence electrons. The van der Waals surface area contributed by atoms with Crippen LogP contribution in [0.2, 0.25) is 10.0 Å². The Kier molecular flexibility index (Phi) is 4.31. The number of hydrogen-bond acceptors (Lipinski definition) is 4. The van der Waals surface area contributed by atoms with Crippen LogP contribution in [-0.2, 0) is 16.1 Å². The van der Waals surface area contributed by atoms with E-state index >= 15 is 0 Å². The lowest BCUT2D eigenvalue weighted by Gasteiger charge is -2.27. The molecule has 21 heavy (non-hydrogen) atoms. The maximum absolute atomic E-state index is 12.4. The monoisotopic (exact) mass is 344 g/mol. The molecule has 1 amide bonds. The molecule has 0 aliphatic carbocycles. The fourth-order valence-electron chi connectivity index (χ4n) is 2.51. The first-order valence-electron chi connectivity index (χ1n) is 6.70. The van der Waals surface area contributed by atoms with E-state index in [0.29, 0.717) is 33.0 Å². The second-order valence-electron chi connectivity index (χ2n) is 5.30. The zero-order valence-electron chi connectivity index (χ0n) is 11.3. The SMILES string of the molecule is CC1CCNC(C(=O)Nc2c(Cl)cc(Cl)c3c2N=S=N3)C1. The Labute approximate surface area is 136 Å². The largest absolute Gasteiger partial charge is 0.322 e. The first-order chi connectivity index (χ1) is 10.1. The Morgan fingerprint density at radius 1 is 1.38 bits per heavy atom. The molecule has 0 radical (unpaired) electrons. The Hall–Kier alpha value is -0.950. The van der Waals surface area contributed by atoms with Crippen molar-refractivity contribution in [3.8, 4) is 0 Å². The minimum absolute atomic E-state index is 0.0972. The van der Waals surface area contributed by atoms with Crippen molar-refractivity contribution in [1.29, 1.82) is 0 Å². The van der Waals surface area contributed by atoms with Crippen LogP contribution in [0.25, 0.3) is 0 Å². The van der Waals surface area contributed by atoms with Gasteiger partial charge in [0.2, 0.25) is 5.91 Å². The van der Waals surface area contributed by atoms with Gasteiger partial charge in [-0.05, 0) is 31.4 Å². The molecule has 3 rings (SSSR count). The molecule has 1 aromatic carbocycles. The summed E-state index contributed by atoms with van der Waals surface area (Å²) in [6.07, 6.45) is 1.90. The van der Waals surface area contributed by atoms with Gasteiger partial charge in [-0.15, -0.1) is 0 Å². The van der Waals surface area contributed by atoms with Crippen LogP contribution in [-0.4, -0.2) is 18.5 Å². The summed E-state index contributed by atoms with van der Waals surface area (Å²) in [4.78, 5) is 12.4. The molecule has 0 saturated carbocycles. The lowest BCUT2D eigenvalue weighted by molar-refractivity contribution is -0.119. The quantitative estimate of drug-likeness (QED) is 0.862.